The molecule has 0 spiro atoms. The number of rotatable bonds is 4. The van der Waals surface area contributed by atoms with E-state index in [2.05, 4.69) is 5.10 Å². The number of nitrogens with zero attached hydrogens (tertiary/aromatic N) is 3. The molecule has 1 heterocycles. The number of benzene rings is 1. The Labute approximate surface area is 144 Å². The SMILES string of the molecule is Cc1nn(C)c(Cl)c1/C=C/C(=O)N(C)C(C)c1ccc(F)c(F)c1. The normalized spacial score (nSPS) is 12.6. The number of hydrogen-bond acceptors (Lipinski definition) is 2. The van der Waals surface area contributed by atoms with Gasteiger partial charge in [-0.2, -0.15) is 5.10 Å². The van der Waals surface area contributed by atoms with Gasteiger partial charge in [0.15, 0.2) is 11.6 Å². The Morgan fingerprint density at radius 2 is 2.04 bits per heavy atom. The van der Waals surface area contributed by atoms with Gasteiger partial charge in [0.2, 0.25) is 5.91 Å². The lowest BCUT2D eigenvalue weighted by Gasteiger charge is -2.24. The summed E-state index contributed by atoms with van der Waals surface area (Å²) in [5.41, 5.74) is 1.89. The Morgan fingerprint density at radius 1 is 1.38 bits per heavy atom. The zero-order valence-electron chi connectivity index (χ0n) is 13.8. The molecule has 0 radical (unpaired) electrons. The molecule has 0 fully saturated rings. The predicted molar refractivity (Wildman–Crippen MR) is 89.5 cm³/mol. The molecule has 1 aromatic carbocycles. The standard InChI is InChI=1S/C17H18ClF2N3O/c1-10-13(17(18)23(4)21-10)6-8-16(24)22(3)11(2)12-5-7-14(19)15(20)9-12/h5-9,11H,1-4H3/b8-6+. The molecule has 24 heavy (non-hydrogen) atoms. The second kappa shape index (κ2) is 7.13. The van der Waals surface area contributed by atoms with Gasteiger partial charge in [-0.3, -0.25) is 9.48 Å². The zero-order valence-corrected chi connectivity index (χ0v) is 14.6. The molecule has 4 nitrogen and oxygen atoms in total. The van der Waals surface area contributed by atoms with Crippen molar-refractivity contribution in [2.45, 2.75) is 19.9 Å². The first-order chi connectivity index (χ1) is 11.2. The highest BCUT2D eigenvalue weighted by Crippen LogP contribution is 2.23. The highest BCUT2D eigenvalue weighted by Gasteiger charge is 2.17. The fourth-order valence-corrected chi connectivity index (χ4v) is 2.53. The van der Waals surface area contributed by atoms with Gasteiger partial charge in [-0.15, -0.1) is 0 Å². The van der Waals surface area contributed by atoms with Crippen molar-refractivity contribution in [3.05, 3.63) is 57.9 Å². The van der Waals surface area contributed by atoms with Crippen LogP contribution in [0.25, 0.3) is 6.08 Å². The van der Waals surface area contributed by atoms with Crippen molar-refractivity contribution in [3.8, 4) is 0 Å². The highest BCUT2D eigenvalue weighted by atomic mass is 35.5. The summed E-state index contributed by atoms with van der Waals surface area (Å²) in [6, 6.07) is 3.19. The molecule has 0 aliphatic rings. The van der Waals surface area contributed by atoms with E-state index < -0.39 is 17.7 Å². The third kappa shape index (κ3) is 3.64. The van der Waals surface area contributed by atoms with Crippen molar-refractivity contribution >= 4 is 23.6 Å². The summed E-state index contributed by atoms with van der Waals surface area (Å²) in [5, 5.41) is 4.60. The van der Waals surface area contributed by atoms with Crippen LogP contribution >= 0.6 is 11.6 Å². The highest BCUT2D eigenvalue weighted by molar-refractivity contribution is 6.31. The topological polar surface area (TPSA) is 38.1 Å². The van der Waals surface area contributed by atoms with Gasteiger partial charge in [-0.05, 0) is 37.6 Å². The molecule has 0 bridgehead atoms. The second-order valence-electron chi connectivity index (χ2n) is 5.55. The van der Waals surface area contributed by atoms with Crippen LogP contribution in [0.5, 0.6) is 0 Å². The lowest BCUT2D eigenvalue weighted by molar-refractivity contribution is -0.126. The average Bonchev–Trinajstić information content (AvgIpc) is 2.79. The van der Waals surface area contributed by atoms with Crippen LogP contribution in [0.2, 0.25) is 5.15 Å². The largest absolute Gasteiger partial charge is 0.335 e. The summed E-state index contributed by atoms with van der Waals surface area (Å²) >= 11 is 6.11. The van der Waals surface area contributed by atoms with E-state index in [1.165, 1.54) is 21.7 Å². The lowest BCUT2D eigenvalue weighted by Crippen LogP contribution is -2.28. The van der Waals surface area contributed by atoms with E-state index in [-0.39, 0.29) is 5.91 Å². The molecule has 1 atom stereocenters. The Hall–Kier alpha value is -2.21. The van der Waals surface area contributed by atoms with E-state index in [1.54, 1.807) is 34.0 Å². The van der Waals surface area contributed by atoms with E-state index >= 15 is 0 Å². The van der Waals surface area contributed by atoms with Crippen LogP contribution < -0.4 is 0 Å². The van der Waals surface area contributed by atoms with Crippen molar-refractivity contribution in [2.75, 3.05) is 7.05 Å². The maximum atomic E-state index is 13.3. The summed E-state index contributed by atoms with van der Waals surface area (Å²) in [4.78, 5) is 13.7. The summed E-state index contributed by atoms with van der Waals surface area (Å²) < 4.78 is 27.9. The first-order valence-electron chi connectivity index (χ1n) is 7.31. The van der Waals surface area contributed by atoms with Gasteiger partial charge in [0.1, 0.15) is 5.15 Å². The molecule has 2 aromatic rings. The monoisotopic (exact) mass is 353 g/mol. The zero-order chi connectivity index (χ0) is 18.0. The Morgan fingerprint density at radius 3 is 2.58 bits per heavy atom. The summed E-state index contributed by atoms with van der Waals surface area (Å²) in [6.45, 7) is 3.53. The average molecular weight is 354 g/mol. The number of aryl methyl sites for hydroxylation is 2. The van der Waals surface area contributed by atoms with Gasteiger partial charge in [-0.25, -0.2) is 8.78 Å². The van der Waals surface area contributed by atoms with E-state index in [9.17, 15) is 13.6 Å². The fraction of sp³-hybridized carbons (Fsp3) is 0.294. The predicted octanol–water partition coefficient (Wildman–Crippen LogP) is 3.89. The molecule has 128 valence electrons. The first-order valence-corrected chi connectivity index (χ1v) is 7.69. The molecule has 0 N–H and O–H groups in total. The molecule has 0 saturated heterocycles. The van der Waals surface area contributed by atoms with Crippen molar-refractivity contribution in [1.82, 2.24) is 14.7 Å². The maximum Gasteiger partial charge on any atom is 0.246 e. The van der Waals surface area contributed by atoms with Gasteiger partial charge in [0, 0.05) is 25.7 Å². The number of carbonyl (C=O) groups is 1. The second-order valence-corrected chi connectivity index (χ2v) is 5.90. The van der Waals surface area contributed by atoms with Crippen molar-refractivity contribution in [1.29, 1.82) is 0 Å². The molecule has 2 rings (SSSR count). The number of aromatic nitrogens is 2. The maximum absolute atomic E-state index is 13.3. The molecule has 1 amide bonds. The lowest BCUT2D eigenvalue weighted by atomic mass is 10.1. The quantitative estimate of drug-likeness (QED) is 0.782. The van der Waals surface area contributed by atoms with Crippen LogP contribution in [0.4, 0.5) is 8.78 Å². The summed E-state index contributed by atoms with van der Waals surface area (Å²) in [5.74, 6) is -2.14. The van der Waals surface area contributed by atoms with Gasteiger partial charge in [0.25, 0.3) is 0 Å². The molecular formula is C17H18ClF2N3O. The summed E-state index contributed by atoms with van der Waals surface area (Å²) in [6.07, 6.45) is 2.98. The number of likely N-dealkylation sites (N-methyl/N-ethyl adjacent to an activating group) is 1. The molecular weight excluding hydrogens is 336 g/mol. The molecule has 0 aliphatic heterocycles. The third-order valence-corrected chi connectivity index (χ3v) is 4.39. The van der Waals surface area contributed by atoms with Crippen molar-refractivity contribution in [2.24, 2.45) is 7.05 Å². The van der Waals surface area contributed by atoms with Crippen LogP contribution in [0.1, 0.15) is 29.8 Å². The van der Waals surface area contributed by atoms with Crippen LogP contribution in [0.3, 0.4) is 0 Å². The van der Waals surface area contributed by atoms with Gasteiger partial charge in [-0.1, -0.05) is 17.7 Å². The third-order valence-electron chi connectivity index (χ3n) is 3.94. The van der Waals surface area contributed by atoms with Crippen LogP contribution in [-0.2, 0) is 11.8 Å². The van der Waals surface area contributed by atoms with Gasteiger partial charge < -0.3 is 4.90 Å². The fourth-order valence-electron chi connectivity index (χ4n) is 2.29. The Bertz CT molecular complexity index is 801. The minimum atomic E-state index is -0.937. The first kappa shape index (κ1) is 18.1. The van der Waals surface area contributed by atoms with Crippen molar-refractivity contribution in [3.63, 3.8) is 0 Å². The summed E-state index contributed by atoms with van der Waals surface area (Å²) in [7, 11) is 3.31. The van der Waals surface area contributed by atoms with Gasteiger partial charge >= 0.3 is 0 Å². The molecule has 7 heteroatoms. The number of hydrogen-bond donors (Lipinski definition) is 0. The minimum absolute atomic E-state index is 0.286. The smallest absolute Gasteiger partial charge is 0.246 e. The molecule has 0 saturated carbocycles. The molecule has 1 aromatic heterocycles. The van der Waals surface area contributed by atoms with Crippen molar-refractivity contribution < 1.29 is 13.6 Å². The van der Waals surface area contributed by atoms with Crippen LogP contribution in [-0.4, -0.2) is 27.6 Å². The van der Waals surface area contributed by atoms with E-state index in [1.807, 2.05) is 0 Å². The number of amides is 1. The minimum Gasteiger partial charge on any atom is -0.335 e. The Balaban J connectivity index is 2.16. The van der Waals surface area contributed by atoms with Crippen LogP contribution in [0.15, 0.2) is 24.3 Å². The van der Waals surface area contributed by atoms with E-state index in [0.29, 0.717) is 22.0 Å². The van der Waals surface area contributed by atoms with Gasteiger partial charge in [0.05, 0.1) is 11.7 Å². The van der Waals surface area contributed by atoms with E-state index in [0.717, 1.165) is 12.1 Å². The number of carbonyl (C=O) groups excluding carboxylic acids is 1. The van der Waals surface area contributed by atoms with E-state index in [4.69, 9.17) is 11.6 Å². The Kier molecular flexibility index (Phi) is 5.39. The molecule has 0 aliphatic carbocycles. The molecule has 1 unspecified atom stereocenters. The number of halogens is 3. The van der Waals surface area contributed by atoms with Crippen LogP contribution in [0, 0.1) is 18.6 Å².